The van der Waals surface area contributed by atoms with Gasteiger partial charge in [-0.25, -0.2) is 0 Å². The van der Waals surface area contributed by atoms with Crippen molar-refractivity contribution < 1.29 is 4.74 Å². The van der Waals surface area contributed by atoms with Gasteiger partial charge in [-0.1, -0.05) is 6.58 Å². The van der Waals surface area contributed by atoms with Crippen molar-refractivity contribution in [1.29, 1.82) is 5.26 Å². The van der Waals surface area contributed by atoms with E-state index in [-0.39, 0.29) is 12.8 Å². The fourth-order valence-electron chi connectivity index (χ4n) is 0.757. The van der Waals surface area contributed by atoms with Gasteiger partial charge in [0.15, 0.2) is 5.60 Å². The Bertz CT molecular complexity index is 231. The smallest absolute Gasteiger partial charge is 0.287 e. The molecule has 0 amide bonds. The third-order valence-corrected chi connectivity index (χ3v) is 1.42. The highest BCUT2D eigenvalue weighted by atomic mass is 16.5. The van der Waals surface area contributed by atoms with Crippen LogP contribution < -0.4 is 0 Å². The Morgan fingerprint density at radius 2 is 1.92 bits per heavy atom. The molecule has 0 atom stereocenters. The van der Waals surface area contributed by atoms with Gasteiger partial charge in [0.1, 0.15) is 0 Å². The summed E-state index contributed by atoms with van der Waals surface area (Å²) in [5.41, 5.74) is -0.877. The van der Waals surface area contributed by atoms with E-state index in [4.69, 9.17) is 22.8 Å². The molecule has 12 heavy (non-hydrogen) atoms. The maximum atomic E-state index is 8.33. The minimum atomic E-state index is -0.877. The predicted molar refractivity (Wildman–Crippen MR) is 46.5 cm³/mol. The Morgan fingerprint density at radius 1 is 1.42 bits per heavy atom. The van der Waals surface area contributed by atoms with E-state index in [0.29, 0.717) is 0 Å². The monoisotopic (exact) mass is 159 g/mol. The Balaban J connectivity index is 4.56. The first-order valence-corrected chi connectivity index (χ1v) is 3.32. The maximum absolute atomic E-state index is 8.33. The molecule has 60 valence electrons. The first-order chi connectivity index (χ1) is 5.74. The number of nitrogens with zero attached hydrogens (tertiary/aromatic N) is 1. The standard InChI is InChI=1S/C10H9NO/c1-4-7-10(6-3,8-5-2)12-9-11/h1-2,6H,3,7-8H2. The van der Waals surface area contributed by atoms with Gasteiger partial charge in [0.05, 0.1) is 12.8 Å². The number of ether oxygens (including phenoxy) is 1. The first kappa shape index (κ1) is 10.2. The summed E-state index contributed by atoms with van der Waals surface area (Å²) in [5, 5.41) is 8.33. The Labute approximate surface area is 72.8 Å². The van der Waals surface area contributed by atoms with Crippen LogP contribution in [0.1, 0.15) is 12.8 Å². The molecule has 0 saturated carbocycles. The van der Waals surface area contributed by atoms with Crippen molar-refractivity contribution in [2.24, 2.45) is 0 Å². The highest BCUT2D eigenvalue weighted by molar-refractivity contribution is 5.12. The second-order valence-corrected chi connectivity index (χ2v) is 2.22. The molecular weight excluding hydrogens is 150 g/mol. The fraction of sp³-hybridized carbons (Fsp3) is 0.300. The van der Waals surface area contributed by atoms with Gasteiger partial charge in [-0.05, 0) is 6.08 Å². The summed E-state index contributed by atoms with van der Waals surface area (Å²) in [6.07, 6.45) is 13.7. The molecule has 0 N–H and O–H groups in total. The van der Waals surface area contributed by atoms with Gasteiger partial charge in [-0.2, -0.15) is 5.26 Å². The normalized spacial score (nSPS) is 8.75. The molecule has 0 rings (SSSR count). The summed E-state index contributed by atoms with van der Waals surface area (Å²) in [4.78, 5) is 0. The fourth-order valence-corrected chi connectivity index (χ4v) is 0.757. The quantitative estimate of drug-likeness (QED) is 0.353. The summed E-state index contributed by atoms with van der Waals surface area (Å²) >= 11 is 0. The highest BCUT2D eigenvalue weighted by Gasteiger charge is 2.26. The minimum absolute atomic E-state index is 0.258. The molecule has 2 heteroatoms. The van der Waals surface area contributed by atoms with Gasteiger partial charge in [-0.3, -0.25) is 0 Å². The molecule has 0 aromatic carbocycles. The van der Waals surface area contributed by atoms with Crippen LogP contribution in [-0.2, 0) is 4.74 Å². The molecule has 0 fully saturated rings. The molecule has 0 aromatic rings. The van der Waals surface area contributed by atoms with E-state index >= 15 is 0 Å². The predicted octanol–water partition coefficient (Wildman–Crippen LogP) is 1.46. The lowest BCUT2D eigenvalue weighted by Crippen LogP contribution is -2.27. The van der Waals surface area contributed by atoms with Crippen molar-refractivity contribution in [2.75, 3.05) is 0 Å². The van der Waals surface area contributed by atoms with E-state index in [1.54, 1.807) is 6.26 Å². The van der Waals surface area contributed by atoms with Gasteiger partial charge in [0.2, 0.25) is 0 Å². The average Bonchev–Trinajstić information content (AvgIpc) is 2.06. The van der Waals surface area contributed by atoms with Gasteiger partial charge in [0, 0.05) is 0 Å². The Kier molecular flexibility index (Phi) is 4.13. The first-order valence-electron chi connectivity index (χ1n) is 3.32. The zero-order chi connectivity index (χ0) is 9.45. The van der Waals surface area contributed by atoms with Gasteiger partial charge >= 0.3 is 0 Å². The van der Waals surface area contributed by atoms with Gasteiger partial charge in [0.25, 0.3) is 6.26 Å². The largest absolute Gasteiger partial charge is 0.415 e. The summed E-state index contributed by atoms with van der Waals surface area (Å²) in [7, 11) is 0. The molecule has 0 aliphatic rings. The zero-order valence-corrected chi connectivity index (χ0v) is 6.71. The molecule has 2 nitrogen and oxygen atoms in total. The van der Waals surface area contributed by atoms with Crippen LogP contribution in [0.2, 0.25) is 0 Å². The summed E-state index contributed by atoms with van der Waals surface area (Å²) in [5.74, 6) is 4.77. The van der Waals surface area contributed by atoms with Crippen molar-refractivity contribution in [3.63, 3.8) is 0 Å². The van der Waals surface area contributed by atoms with Crippen LogP contribution in [0.5, 0.6) is 0 Å². The Morgan fingerprint density at radius 3 is 2.17 bits per heavy atom. The van der Waals surface area contributed by atoms with Crippen LogP contribution in [0.4, 0.5) is 0 Å². The Hall–Kier alpha value is -1.85. The summed E-state index contributed by atoms with van der Waals surface area (Å²) < 4.78 is 4.76. The summed E-state index contributed by atoms with van der Waals surface area (Å²) in [6.45, 7) is 3.52. The van der Waals surface area contributed by atoms with Crippen molar-refractivity contribution >= 4 is 0 Å². The molecule has 0 radical (unpaired) electrons. The van der Waals surface area contributed by atoms with Gasteiger partial charge in [-0.15, -0.1) is 24.7 Å². The van der Waals surface area contributed by atoms with Crippen LogP contribution >= 0.6 is 0 Å². The molecule has 0 heterocycles. The van der Waals surface area contributed by atoms with Crippen LogP contribution in [-0.4, -0.2) is 5.60 Å². The number of nitriles is 1. The minimum Gasteiger partial charge on any atom is -0.415 e. The number of terminal acetylenes is 2. The lowest BCUT2D eigenvalue weighted by Gasteiger charge is -2.22. The molecule has 0 unspecified atom stereocenters. The van der Waals surface area contributed by atoms with E-state index in [2.05, 4.69) is 18.4 Å². The van der Waals surface area contributed by atoms with Crippen LogP contribution in [0.25, 0.3) is 0 Å². The van der Waals surface area contributed by atoms with Crippen molar-refractivity contribution in [1.82, 2.24) is 0 Å². The third-order valence-electron chi connectivity index (χ3n) is 1.42. The molecule has 0 spiro atoms. The van der Waals surface area contributed by atoms with Crippen LogP contribution in [0.3, 0.4) is 0 Å². The summed E-state index contributed by atoms with van der Waals surface area (Å²) in [6, 6.07) is 0. The molecule has 0 bridgehead atoms. The lowest BCUT2D eigenvalue weighted by atomic mass is 9.96. The van der Waals surface area contributed by atoms with Crippen molar-refractivity contribution in [3.8, 4) is 30.9 Å². The maximum Gasteiger partial charge on any atom is 0.287 e. The number of hydrogen-bond donors (Lipinski definition) is 0. The van der Waals surface area contributed by atoms with E-state index < -0.39 is 5.60 Å². The van der Waals surface area contributed by atoms with E-state index in [1.807, 2.05) is 0 Å². The number of hydrogen-bond acceptors (Lipinski definition) is 2. The van der Waals surface area contributed by atoms with Crippen LogP contribution in [0, 0.1) is 36.2 Å². The number of rotatable bonds is 4. The van der Waals surface area contributed by atoms with E-state index in [9.17, 15) is 0 Å². The van der Waals surface area contributed by atoms with Crippen LogP contribution in [0.15, 0.2) is 12.7 Å². The second-order valence-electron chi connectivity index (χ2n) is 2.22. The lowest BCUT2D eigenvalue weighted by molar-refractivity contribution is 0.0932. The molecule has 0 aromatic heterocycles. The average molecular weight is 159 g/mol. The van der Waals surface area contributed by atoms with Crippen molar-refractivity contribution in [3.05, 3.63) is 12.7 Å². The molecular formula is C10H9NO. The molecule has 0 aliphatic carbocycles. The highest BCUT2D eigenvalue weighted by Crippen LogP contribution is 2.20. The van der Waals surface area contributed by atoms with E-state index in [0.717, 1.165) is 0 Å². The third kappa shape index (κ3) is 2.41. The van der Waals surface area contributed by atoms with E-state index in [1.165, 1.54) is 6.08 Å². The van der Waals surface area contributed by atoms with Crippen molar-refractivity contribution in [2.45, 2.75) is 18.4 Å². The second kappa shape index (κ2) is 4.89. The zero-order valence-electron chi connectivity index (χ0n) is 6.71. The topological polar surface area (TPSA) is 33.0 Å². The molecule has 0 aliphatic heterocycles. The SMILES string of the molecule is C#CCC(C=C)(CC#C)OC#N. The van der Waals surface area contributed by atoms with Gasteiger partial charge < -0.3 is 4.74 Å². The molecule has 0 saturated heterocycles.